The highest BCUT2D eigenvalue weighted by Crippen LogP contribution is 2.27. The lowest BCUT2D eigenvalue weighted by atomic mass is 10.2. The maximum absolute atomic E-state index is 13.0. The van der Waals surface area contributed by atoms with E-state index < -0.39 is 10.0 Å². The van der Waals surface area contributed by atoms with Crippen LogP contribution in [0.1, 0.15) is 21.7 Å². The number of benzene rings is 1. The highest BCUT2D eigenvalue weighted by Gasteiger charge is 2.32. The van der Waals surface area contributed by atoms with Crippen LogP contribution >= 0.6 is 23.1 Å². The van der Waals surface area contributed by atoms with Crippen molar-refractivity contribution in [2.45, 2.75) is 23.9 Å². The van der Waals surface area contributed by atoms with Gasteiger partial charge in [-0.05, 0) is 23.4 Å². The maximum Gasteiger partial charge on any atom is 0.263 e. The average molecular weight is 452 g/mol. The Kier molecular flexibility index (Phi) is 6.60. The molecule has 0 saturated carbocycles. The van der Waals surface area contributed by atoms with Crippen LogP contribution in [0.15, 0.2) is 46.7 Å². The van der Waals surface area contributed by atoms with Gasteiger partial charge in [-0.15, -0.1) is 11.3 Å². The number of likely N-dealkylation sites (tertiary alicyclic amines) is 1. The van der Waals surface area contributed by atoms with E-state index in [1.165, 1.54) is 21.2 Å². The number of hydrogen-bond donors (Lipinski definition) is 1. The number of rotatable bonds is 6. The van der Waals surface area contributed by atoms with Crippen molar-refractivity contribution in [3.05, 3.63) is 52.2 Å². The van der Waals surface area contributed by atoms with Gasteiger partial charge in [-0.2, -0.15) is 16.1 Å². The summed E-state index contributed by atoms with van der Waals surface area (Å²) >= 11 is 2.96. The van der Waals surface area contributed by atoms with Gasteiger partial charge in [-0.1, -0.05) is 30.3 Å². The number of thiophene rings is 1. The van der Waals surface area contributed by atoms with E-state index in [1.807, 2.05) is 18.2 Å². The van der Waals surface area contributed by atoms with Crippen molar-refractivity contribution in [1.29, 1.82) is 0 Å². The molecule has 0 radical (unpaired) electrons. The summed E-state index contributed by atoms with van der Waals surface area (Å²) in [5.74, 6) is 1.31. The molecule has 29 heavy (non-hydrogen) atoms. The first-order valence-corrected chi connectivity index (χ1v) is 13.2. The molecule has 6 nitrogen and oxygen atoms in total. The van der Waals surface area contributed by atoms with Crippen LogP contribution in [0.4, 0.5) is 0 Å². The normalized spacial score (nSPS) is 21.3. The SMILES string of the molecule is O=C(NC1CCN(Cc2ccccc2)C1)c1sccc1S(=O)(=O)N1CCSCC1. The number of nitrogens with zero attached hydrogens (tertiary/aromatic N) is 2. The molecule has 0 bridgehead atoms. The number of sulfonamides is 1. The van der Waals surface area contributed by atoms with Gasteiger partial charge in [0, 0.05) is 50.3 Å². The predicted octanol–water partition coefficient (Wildman–Crippen LogP) is 2.49. The summed E-state index contributed by atoms with van der Waals surface area (Å²) < 4.78 is 27.5. The second-order valence-corrected chi connectivity index (χ2v) is 11.4. The fourth-order valence-corrected chi connectivity index (χ4v) is 7.66. The number of amides is 1. The summed E-state index contributed by atoms with van der Waals surface area (Å²) in [6.45, 7) is 3.55. The van der Waals surface area contributed by atoms with E-state index in [9.17, 15) is 13.2 Å². The fraction of sp³-hybridized carbons (Fsp3) is 0.450. The molecule has 0 spiro atoms. The molecule has 3 heterocycles. The Morgan fingerprint density at radius 1 is 1.10 bits per heavy atom. The fourth-order valence-electron chi connectivity index (χ4n) is 3.78. The quantitative estimate of drug-likeness (QED) is 0.731. The molecule has 2 saturated heterocycles. The standard InChI is InChI=1S/C20H25N3O3S3/c24-20(21-17-6-8-22(15-17)14-16-4-2-1-3-5-16)19-18(7-11-28-19)29(25,26)23-9-12-27-13-10-23/h1-5,7,11,17H,6,8-10,12-15H2,(H,21,24). The minimum absolute atomic E-state index is 0.0373. The zero-order valence-electron chi connectivity index (χ0n) is 16.1. The van der Waals surface area contributed by atoms with E-state index in [2.05, 4.69) is 22.3 Å². The van der Waals surface area contributed by atoms with Crippen molar-refractivity contribution in [3.8, 4) is 0 Å². The maximum atomic E-state index is 13.0. The monoisotopic (exact) mass is 451 g/mol. The Balaban J connectivity index is 1.39. The summed E-state index contributed by atoms with van der Waals surface area (Å²) in [7, 11) is -3.62. The molecule has 2 aliphatic rings. The first kappa shape index (κ1) is 20.9. The van der Waals surface area contributed by atoms with Crippen molar-refractivity contribution in [1.82, 2.24) is 14.5 Å². The third-order valence-corrected chi connectivity index (χ3v) is 9.21. The first-order chi connectivity index (χ1) is 14.0. The molecular formula is C20H25N3O3S3. The second-order valence-electron chi connectivity index (χ2n) is 7.31. The Bertz CT molecular complexity index is 940. The first-order valence-electron chi connectivity index (χ1n) is 9.76. The molecule has 156 valence electrons. The summed E-state index contributed by atoms with van der Waals surface area (Å²) in [5.41, 5.74) is 1.26. The highest BCUT2D eigenvalue weighted by atomic mass is 32.2. The number of thioether (sulfide) groups is 1. The van der Waals surface area contributed by atoms with Crippen molar-refractivity contribution in [2.24, 2.45) is 0 Å². The van der Waals surface area contributed by atoms with Gasteiger partial charge in [-0.3, -0.25) is 9.69 Å². The van der Waals surface area contributed by atoms with E-state index in [-0.39, 0.29) is 16.8 Å². The minimum Gasteiger partial charge on any atom is -0.347 e. The lowest BCUT2D eigenvalue weighted by Crippen LogP contribution is -2.40. The molecule has 2 aliphatic heterocycles. The van der Waals surface area contributed by atoms with Crippen LogP contribution in [-0.2, 0) is 16.6 Å². The largest absolute Gasteiger partial charge is 0.347 e. The van der Waals surface area contributed by atoms with Gasteiger partial charge >= 0.3 is 0 Å². The molecule has 1 unspecified atom stereocenters. The minimum atomic E-state index is -3.62. The van der Waals surface area contributed by atoms with E-state index in [0.29, 0.717) is 18.0 Å². The number of carbonyl (C=O) groups excluding carboxylic acids is 1. The van der Waals surface area contributed by atoms with Crippen LogP contribution in [0, 0.1) is 0 Å². The van der Waals surface area contributed by atoms with Crippen LogP contribution in [0.5, 0.6) is 0 Å². The molecular weight excluding hydrogens is 426 g/mol. The molecule has 1 aromatic heterocycles. The molecule has 1 amide bonds. The van der Waals surface area contributed by atoms with Gasteiger partial charge in [0.2, 0.25) is 10.0 Å². The Hall–Kier alpha value is -1.39. The molecule has 2 fully saturated rings. The molecule has 9 heteroatoms. The van der Waals surface area contributed by atoms with Crippen molar-refractivity contribution >= 4 is 39.0 Å². The number of hydrogen-bond acceptors (Lipinski definition) is 6. The van der Waals surface area contributed by atoms with Crippen molar-refractivity contribution < 1.29 is 13.2 Å². The smallest absolute Gasteiger partial charge is 0.263 e. The Morgan fingerprint density at radius 3 is 2.62 bits per heavy atom. The molecule has 1 aromatic carbocycles. The van der Waals surface area contributed by atoms with E-state index >= 15 is 0 Å². The van der Waals surface area contributed by atoms with Crippen molar-refractivity contribution in [2.75, 3.05) is 37.7 Å². The third-order valence-electron chi connectivity index (χ3n) is 5.28. The zero-order valence-corrected chi connectivity index (χ0v) is 18.6. The summed E-state index contributed by atoms with van der Waals surface area (Å²) in [6.07, 6.45) is 0.870. The third kappa shape index (κ3) is 4.86. The van der Waals surface area contributed by atoms with Crippen LogP contribution in [-0.4, -0.2) is 67.3 Å². The van der Waals surface area contributed by atoms with Gasteiger partial charge in [0.1, 0.15) is 9.77 Å². The van der Waals surface area contributed by atoms with Gasteiger partial charge in [-0.25, -0.2) is 8.42 Å². The lowest BCUT2D eigenvalue weighted by Gasteiger charge is -2.25. The topological polar surface area (TPSA) is 69.7 Å². The summed E-state index contributed by atoms with van der Waals surface area (Å²) in [4.78, 5) is 15.6. The number of nitrogens with one attached hydrogen (secondary N) is 1. The van der Waals surface area contributed by atoms with Gasteiger partial charge in [0.25, 0.3) is 5.91 Å². The predicted molar refractivity (Wildman–Crippen MR) is 118 cm³/mol. The van der Waals surface area contributed by atoms with Crippen LogP contribution < -0.4 is 5.32 Å². The lowest BCUT2D eigenvalue weighted by molar-refractivity contribution is 0.0938. The highest BCUT2D eigenvalue weighted by molar-refractivity contribution is 7.99. The molecule has 0 aliphatic carbocycles. The van der Waals surface area contributed by atoms with Gasteiger partial charge in [0.15, 0.2) is 0 Å². The molecule has 4 rings (SSSR count). The molecule has 1 N–H and O–H groups in total. The van der Waals surface area contributed by atoms with E-state index in [0.717, 1.165) is 37.6 Å². The van der Waals surface area contributed by atoms with Crippen molar-refractivity contribution in [3.63, 3.8) is 0 Å². The van der Waals surface area contributed by atoms with E-state index in [4.69, 9.17) is 0 Å². The van der Waals surface area contributed by atoms with Crippen LogP contribution in [0.3, 0.4) is 0 Å². The van der Waals surface area contributed by atoms with Gasteiger partial charge in [0.05, 0.1) is 0 Å². The average Bonchev–Trinajstić information content (AvgIpc) is 3.39. The summed E-state index contributed by atoms with van der Waals surface area (Å²) in [5, 5.41) is 4.75. The molecule has 1 atom stereocenters. The Labute approximate surface area is 180 Å². The Morgan fingerprint density at radius 2 is 1.86 bits per heavy atom. The van der Waals surface area contributed by atoms with Crippen LogP contribution in [0.25, 0.3) is 0 Å². The van der Waals surface area contributed by atoms with Gasteiger partial charge < -0.3 is 5.32 Å². The number of carbonyl (C=O) groups is 1. The zero-order chi connectivity index (χ0) is 20.3. The van der Waals surface area contributed by atoms with E-state index in [1.54, 1.807) is 23.2 Å². The summed E-state index contributed by atoms with van der Waals surface area (Å²) in [6, 6.07) is 11.9. The second kappa shape index (κ2) is 9.18. The van der Waals surface area contributed by atoms with Crippen LogP contribution in [0.2, 0.25) is 0 Å². The molecule has 2 aromatic rings.